The molecule has 2 aromatic rings. The summed E-state index contributed by atoms with van der Waals surface area (Å²) in [7, 11) is 0. The van der Waals surface area contributed by atoms with Crippen LogP contribution < -0.4 is 4.74 Å². The van der Waals surface area contributed by atoms with Gasteiger partial charge in [0.15, 0.2) is 6.61 Å². The quantitative estimate of drug-likeness (QED) is 0.944. The van der Waals surface area contributed by atoms with Crippen molar-refractivity contribution in [2.24, 2.45) is 0 Å². The Morgan fingerprint density at radius 3 is 2.68 bits per heavy atom. The number of carbonyl (C=O) groups excluding carboxylic acids is 1. The molecule has 3 rings (SSSR count). The first-order valence-electron chi connectivity index (χ1n) is 6.94. The lowest BCUT2D eigenvalue weighted by molar-refractivity contribution is -0.133. The van der Waals surface area contributed by atoms with Gasteiger partial charge in [0.05, 0.1) is 5.56 Å². The normalized spacial score (nSPS) is 14.0. The van der Waals surface area contributed by atoms with Gasteiger partial charge in [0, 0.05) is 18.7 Å². The zero-order chi connectivity index (χ0) is 15.5. The van der Waals surface area contributed by atoms with Gasteiger partial charge in [0.2, 0.25) is 0 Å². The maximum atomic E-state index is 12.2. The number of fused-ring (bicyclic) bond motifs is 1. The topological polar surface area (TPSA) is 66.8 Å². The molecule has 5 heteroatoms. The van der Waals surface area contributed by atoms with Gasteiger partial charge in [-0.15, -0.1) is 0 Å². The Labute approximate surface area is 127 Å². The molecule has 0 atom stereocenters. The third-order valence-electron chi connectivity index (χ3n) is 3.59. The molecular weight excluding hydrogens is 282 g/mol. The smallest absolute Gasteiger partial charge is 0.335 e. The molecule has 22 heavy (non-hydrogen) atoms. The number of nitrogens with zero attached hydrogens (tertiary/aromatic N) is 1. The number of carboxylic acid groups (broad SMARTS) is 1. The van der Waals surface area contributed by atoms with Crippen LogP contribution in [0.5, 0.6) is 5.75 Å². The van der Waals surface area contributed by atoms with Crippen molar-refractivity contribution < 1.29 is 19.4 Å². The first-order chi connectivity index (χ1) is 10.6. The SMILES string of the molecule is O=C(O)c1ccc2c(c1)CN(Cc1ccccc1)C(=O)CO2. The molecule has 1 amide bonds. The highest BCUT2D eigenvalue weighted by Crippen LogP contribution is 2.25. The second kappa shape index (κ2) is 5.89. The van der Waals surface area contributed by atoms with Crippen molar-refractivity contribution in [1.29, 1.82) is 0 Å². The summed E-state index contributed by atoms with van der Waals surface area (Å²) < 4.78 is 5.48. The Morgan fingerprint density at radius 2 is 1.95 bits per heavy atom. The number of hydrogen-bond acceptors (Lipinski definition) is 3. The summed E-state index contributed by atoms with van der Waals surface area (Å²) in [6.45, 7) is 0.774. The van der Waals surface area contributed by atoms with Crippen LogP contribution in [-0.2, 0) is 17.9 Å². The molecule has 112 valence electrons. The van der Waals surface area contributed by atoms with Crippen molar-refractivity contribution in [1.82, 2.24) is 4.90 Å². The minimum absolute atomic E-state index is 0.0355. The van der Waals surface area contributed by atoms with Gasteiger partial charge in [-0.05, 0) is 23.8 Å². The van der Waals surface area contributed by atoms with E-state index in [4.69, 9.17) is 9.84 Å². The molecule has 0 fully saturated rings. The highest BCUT2D eigenvalue weighted by atomic mass is 16.5. The molecule has 0 aliphatic carbocycles. The van der Waals surface area contributed by atoms with Gasteiger partial charge in [0.1, 0.15) is 5.75 Å². The number of carbonyl (C=O) groups is 2. The van der Waals surface area contributed by atoms with Gasteiger partial charge in [0.25, 0.3) is 5.91 Å². The summed E-state index contributed by atoms with van der Waals surface area (Å²) in [6, 6.07) is 14.3. The Bertz CT molecular complexity index is 712. The second-order valence-corrected chi connectivity index (χ2v) is 5.15. The largest absolute Gasteiger partial charge is 0.483 e. The fourth-order valence-corrected chi connectivity index (χ4v) is 2.45. The maximum Gasteiger partial charge on any atom is 0.335 e. The lowest BCUT2D eigenvalue weighted by Crippen LogP contribution is -2.31. The van der Waals surface area contributed by atoms with E-state index in [9.17, 15) is 9.59 Å². The molecule has 0 bridgehead atoms. The Hall–Kier alpha value is -2.82. The average Bonchev–Trinajstić information content (AvgIpc) is 2.67. The molecule has 2 aromatic carbocycles. The Balaban J connectivity index is 1.88. The van der Waals surface area contributed by atoms with Crippen molar-refractivity contribution in [2.75, 3.05) is 6.61 Å². The summed E-state index contributed by atoms with van der Waals surface area (Å²) in [4.78, 5) is 25.0. The van der Waals surface area contributed by atoms with Crippen molar-refractivity contribution in [3.05, 3.63) is 65.2 Å². The lowest BCUT2D eigenvalue weighted by atomic mass is 10.1. The fourth-order valence-electron chi connectivity index (χ4n) is 2.45. The second-order valence-electron chi connectivity index (χ2n) is 5.15. The molecular formula is C17H15NO4. The standard InChI is InChI=1S/C17H15NO4/c19-16-11-22-15-7-6-13(17(20)21)8-14(15)10-18(16)9-12-4-2-1-3-5-12/h1-8H,9-11H2,(H,20,21). The van der Waals surface area contributed by atoms with Crippen molar-refractivity contribution in [2.45, 2.75) is 13.1 Å². The molecule has 1 heterocycles. The number of carboxylic acids is 1. The number of benzene rings is 2. The van der Waals surface area contributed by atoms with Crippen LogP contribution in [0.2, 0.25) is 0 Å². The van der Waals surface area contributed by atoms with Gasteiger partial charge in [-0.1, -0.05) is 30.3 Å². The summed E-state index contributed by atoms with van der Waals surface area (Å²) in [5.41, 5.74) is 1.92. The molecule has 0 saturated heterocycles. The summed E-state index contributed by atoms with van der Waals surface area (Å²) >= 11 is 0. The van der Waals surface area contributed by atoms with Gasteiger partial charge in [-0.2, -0.15) is 0 Å². The summed E-state index contributed by atoms with van der Waals surface area (Å²) in [5, 5.41) is 9.09. The average molecular weight is 297 g/mol. The number of rotatable bonds is 3. The van der Waals surface area contributed by atoms with E-state index in [1.807, 2.05) is 30.3 Å². The lowest BCUT2D eigenvalue weighted by Gasteiger charge is -2.20. The van der Waals surface area contributed by atoms with Crippen LogP contribution in [0, 0.1) is 0 Å². The zero-order valence-electron chi connectivity index (χ0n) is 11.9. The van der Waals surface area contributed by atoms with Gasteiger partial charge >= 0.3 is 5.97 Å². The van der Waals surface area contributed by atoms with Crippen LogP contribution in [0.25, 0.3) is 0 Å². The highest BCUT2D eigenvalue weighted by molar-refractivity contribution is 5.88. The van der Waals surface area contributed by atoms with Crippen LogP contribution >= 0.6 is 0 Å². The molecule has 0 spiro atoms. The summed E-state index contributed by atoms with van der Waals surface area (Å²) in [5.74, 6) is -0.543. The number of hydrogen-bond donors (Lipinski definition) is 1. The minimum atomic E-state index is -0.993. The third kappa shape index (κ3) is 2.93. The molecule has 0 saturated carbocycles. The molecule has 1 aliphatic rings. The zero-order valence-corrected chi connectivity index (χ0v) is 11.9. The molecule has 0 aromatic heterocycles. The molecule has 1 N–H and O–H groups in total. The van der Waals surface area contributed by atoms with E-state index in [0.717, 1.165) is 5.56 Å². The minimum Gasteiger partial charge on any atom is -0.483 e. The first kappa shape index (κ1) is 14.1. The molecule has 5 nitrogen and oxygen atoms in total. The monoisotopic (exact) mass is 297 g/mol. The first-order valence-corrected chi connectivity index (χ1v) is 6.94. The van der Waals surface area contributed by atoms with E-state index < -0.39 is 5.97 Å². The Kier molecular flexibility index (Phi) is 3.78. The van der Waals surface area contributed by atoms with Crippen LogP contribution in [-0.4, -0.2) is 28.5 Å². The van der Waals surface area contributed by atoms with E-state index in [1.54, 1.807) is 17.0 Å². The number of amides is 1. The van der Waals surface area contributed by atoms with Crippen LogP contribution in [0.1, 0.15) is 21.5 Å². The maximum absolute atomic E-state index is 12.2. The molecule has 0 radical (unpaired) electrons. The Morgan fingerprint density at radius 1 is 1.18 bits per heavy atom. The van der Waals surface area contributed by atoms with E-state index in [1.165, 1.54) is 6.07 Å². The van der Waals surface area contributed by atoms with Gasteiger partial charge in [-0.3, -0.25) is 4.79 Å². The van der Waals surface area contributed by atoms with Gasteiger partial charge < -0.3 is 14.7 Å². The fraction of sp³-hybridized carbons (Fsp3) is 0.176. The van der Waals surface area contributed by atoms with Gasteiger partial charge in [-0.25, -0.2) is 4.79 Å². The van der Waals surface area contributed by atoms with Crippen LogP contribution in [0.4, 0.5) is 0 Å². The van der Waals surface area contributed by atoms with Crippen LogP contribution in [0.15, 0.2) is 48.5 Å². The van der Waals surface area contributed by atoms with E-state index in [2.05, 4.69) is 0 Å². The molecule has 1 aliphatic heterocycles. The van der Waals surface area contributed by atoms with E-state index in [-0.39, 0.29) is 18.1 Å². The highest BCUT2D eigenvalue weighted by Gasteiger charge is 2.22. The third-order valence-corrected chi connectivity index (χ3v) is 3.59. The van der Waals surface area contributed by atoms with Crippen molar-refractivity contribution in [3.8, 4) is 5.75 Å². The molecule has 0 unspecified atom stereocenters. The van der Waals surface area contributed by atoms with Crippen molar-refractivity contribution >= 4 is 11.9 Å². The van der Waals surface area contributed by atoms with E-state index in [0.29, 0.717) is 24.4 Å². The van der Waals surface area contributed by atoms with E-state index >= 15 is 0 Å². The summed E-state index contributed by atoms with van der Waals surface area (Å²) in [6.07, 6.45) is 0. The van der Waals surface area contributed by atoms with Crippen LogP contribution in [0.3, 0.4) is 0 Å². The predicted molar refractivity (Wildman–Crippen MR) is 79.6 cm³/mol. The van der Waals surface area contributed by atoms with Crippen molar-refractivity contribution in [3.63, 3.8) is 0 Å². The number of aromatic carboxylic acids is 1. The predicted octanol–water partition coefficient (Wildman–Crippen LogP) is 2.31. The number of ether oxygens (including phenoxy) is 1.